The fraction of sp³-hybridized carbons (Fsp3) is 1.00. The fourth-order valence-corrected chi connectivity index (χ4v) is 1.88. The fourth-order valence-electron chi connectivity index (χ4n) is 1.88. The van der Waals surface area contributed by atoms with Gasteiger partial charge in [-0.2, -0.15) is 0 Å². The van der Waals surface area contributed by atoms with Gasteiger partial charge in [-0.15, -0.1) is 0 Å². The summed E-state index contributed by atoms with van der Waals surface area (Å²) in [5.41, 5.74) is 5.83. The van der Waals surface area contributed by atoms with Gasteiger partial charge in [0.1, 0.15) is 0 Å². The topological polar surface area (TPSA) is 49.5 Å². The summed E-state index contributed by atoms with van der Waals surface area (Å²) in [4.78, 5) is 2.32. The van der Waals surface area contributed by atoms with Crippen LogP contribution in [0.25, 0.3) is 0 Å². The molecule has 1 aliphatic heterocycles. The van der Waals surface area contributed by atoms with Gasteiger partial charge in [-0.05, 0) is 32.2 Å². The van der Waals surface area contributed by atoms with Crippen molar-refractivity contribution in [3.05, 3.63) is 0 Å². The van der Waals surface area contributed by atoms with Gasteiger partial charge in [0.15, 0.2) is 0 Å². The summed E-state index contributed by atoms with van der Waals surface area (Å²) in [6.07, 6.45) is 1.87. The number of aliphatic hydroxyl groups is 1. The molecule has 0 spiro atoms. The first-order chi connectivity index (χ1) is 6.13. The molecule has 3 heteroatoms. The number of nitrogens with two attached hydrogens (primary N) is 1. The molecule has 0 aliphatic carbocycles. The molecule has 1 aliphatic rings. The lowest BCUT2D eigenvalue weighted by atomic mass is 10.0. The van der Waals surface area contributed by atoms with Crippen LogP contribution in [0.2, 0.25) is 0 Å². The average molecular weight is 186 g/mol. The average Bonchev–Trinajstić information content (AvgIpc) is 2.52. The van der Waals surface area contributed by atoms with Crippen LogP contribution in [-0.4, -0.2) is 41.8 Å². The van der Waals surface area contributed by atoms with Gasteiger partial charge in [0.05, 0.1) is 6.10 Å². The summed E-state index contributed by atoms with van der Waals surface area (Å²) in [7, 11) is 0. The van der Waals surface area contributed by atoms with E-state index in [9.17, 15) is 5.11 Å². The SMILES string of the molecule is CCC(O)CN1CCC(C(C)N)C1. The van der Waals surface area contributed by atoms with Crippen molar-refractivity contribution in [3.8, 4) is 0 Å². The van der Waals surface area contributed by atoms with Gasteiger partial charge in [0.25, 0.3) is 0 Å². The highest BCUT2D eigenvalue weighted by atomic mass is 16.3. The van der Waals surface area contributed by atoms with Crippen LogP contribution in [0.3, 0.4) is 0 Å². The molecule has 3 N–H and O–H groups in total. The lowest BCUT2D eigenvalue weighted by Crippen LogP contribution is -2.33. The lowest BCUT2D eigenvalue weighted by Gasteiger charge is -2.20. The predicted molar refractivity (Wildman–Crippen MR) is 54.5 cm³/mol. The van der Waals surface area contributed by atoms with E-state index in [2.05, 4.69) is 11.8 Å². The zero-order valence-corrected chi connectivity index (χ0v) is 8.74. The lowest BCUT2D eigenvalue weighted by molar-refractivity contribution is 0.119. The maximum Gasteiger partial charge on any atom is 0.0664 e. The second-order valence-electron chi connectivity index (χ2n) is 4.23. The first-order valence-corrected chi connectivity index (χ1v) is 5.29. The number of hydrogen-bond donors (Lipinski definition) is 2. The molecule has 13 heavy (non-hydrogen) atoms. The number of β-amino-alcohol motifs (C(OH)–C–C–N with tert-alkyl or cyclic N) is 1. The molecule has 1 fully saturated rings. The van der Waals surface area contributed by atoms with Crippen LogP contribution in [0.15, 0.2) is 0 Å². The molecule has 0 radical (unpaired) electrons. The predicted octanol–water partition coefficient (Wildman–Crippen LogP) is 0.426. The number of aliphatic hydroxyl groups excluding tert-OH is 1. The van der Waals surface area contributed by atoms with Crippen LogP contribution >= 0.6 is 0 Å². The molecule has 3 atom stereocenters. The summed E-state index contributed by atoms with van der Waals surface area (Å²) in [5, 5.41) is 9.47. The molecule has 1 rings (SSSR count). The zero-order valence-electron chi connectivity index (χ0n) is 8.74. The van der Waals surface area contributed by atoms with Gasteiger partial charge in [-0.1, -0.05) is 6.92 Å². The van der Waals surface area contributed by atoms with E-state index in [0.29, 0.717) is 12.0 Å². The van der Waals surface area contributed by atoms with Crippen LogP contribution in [-0.2, 0) is 0 Å². The second-order valence-corrected chi connectivity index (χ2v) is 4.23. The minimum Gasteiger partial charge on any atom is -0.392 e. The smallest absolute Gasteiger partial charge is 0.0664 e. The summed E-state index contributed by atoms with van der Waals surface area (Å²) >= 11 is 0. The molecule has 0 aromatic rings. The Bertz CT molecular complexity index is 150. The Labute approximate surface area is 80.9 Å². The van der Waals surface area contributed by atoms with Gasteiger partial charge in [0, 0.05) is 19.1 Å². The molecular weight excluding hydrogens is 164 g/mol. The third kappa shape index (κ3) is 3.25. The highest BCUT2D eigenvalue weighted by molar-refractivity contribution is 4.81. The van der Waals surface area contributed by atoms with Crippen LogP contribution in [0.1, 0.15) is 26.7 Å². The highest BCUT2D eigenvalue weighted by Gasteiger charge is 2.25. The first kappa shape index (κ1) is 11.0. The number of nitrogens with zero attached hydrogens (tertiary/aromatic N) is 1. The Balaban J connectivity index is 2.25. The summed E-state index contributed by atoms with van der Waals surface area (Å²) < 4.78 is 0. The third-order valence-electron chi connectivity index (χ3n) is 2.99. The van der Waals surface area contributed by atoms with E-state index in [1.807, 2.05) is 6.92 Å². The Morgan fingerprint density at radius 1 is 1.62 bits per heavy atom. The normalized spacial score (nSPS) is 29.1. The largest absolute Gasteiger partial charge is 0.392 e. The molecular formula is C10H22N2O. The minimum absolute atomic E-state index is 0.160. The van der Waals surface area contributed by atoms with Crippen LogP contribution < -0.4 is 5.73 Å². The van der Waals surface area contributed by atoms with Gasteiger partial charge in [0.2, 0.25) is 0 Å². The summed E-state index contributed by atoms with van der Waals surface area (Å²) in [6.45, 7) is 7.08. The van der Waals surface area contributed by atoms with E-state index in [1.165, 1.54) is 6.42 Å². The Morgan fingerprint density at radius 2 is 2.31 bits per heavy atom. The van der Waals surface area contributed by atoms with Crippen molar-refractivity contribution in [1.29, 1.82) is 0 Å². The summed E-state index contributed by atoms with van der Waals surface area (Å²) in [5.74, 6) is 0.629. The quantitative estimate of drug-likeness (QED) is 0.669. The highest BCUT2D eigenvalue weighted by Crippen LogP contribution is 2.18. The molecule has 0 aromatic carbocycles. The van der Waals surface area contributed by atoms with Gasteiger partial charge in [-0.3, -0.25) is 0 Å². The first-order valence-electron chi connectivity index (χ1n) is 5.29. The van der Waals surface area contributed by atoms with Crippen molar-refractivity contribution < 1.29 is 5.11 Å². The summed E-state index contributed by atoms with van der Waals surface area (Å²) in [6, 6.07) is 0.295. The number of rotatable bonds is 4. The molecule has 1 heterocycles. The van der Waals surface area contributed by atoms with E-state index in [-0.39, 0.29) is 6.10 Å². The van der Waals surface area contributed by atoms with Crippen LogP contribution in [0.5, 0.6) is 0 Å². The molecule has 3 nitrogen and oxygen atoms in total. The van der Waals surface area contributed by atoms with Crippen molar-refractivity contribution >= 4 is 0 Å². The van der Waals surface area contributed by atoms with Gasteiger partial charge < -0.3 is 15.7 Å². The Hall–Kier alpha value is -0.120. The van der Waals surface area contributed by atoms with Crippen molar-refractivity contribution in [3.63, 3.8) is 0 Å². The molecule has 0 amide bonds. The molecule has 0 saturated carbocycles. The Morgan fingerprint density at radius 3 is 2.77 bits per heavy atom. The minimum atomic E-state index is -0.160. The van der Waals surface area contributed by atoms with Crippen molar-refractivity contribution in [2.24, 2.45) is 11.7 Å². The van der Waals surface area contributed by atoms with E-state index in [4.69, 9.17) is 5.73 Å². The maximum absolute atomic E-state index is 9.47. The zero-order chi connectivity index (χ0) is 9.84. The van der Waals surface area contributed by atoms with Crippen LogP contribution in [0.4, 0.5) is 0 Å². The maximum atomic E-state index is 9.47. The molecule has 1 saturated heterocycles. The molecule has 78 valence electrons. The molecule has 0 bridgehead atoms. The molecule has 0 aromatic heterocycles. The van der Waals surface area contributed by atoms with E-state index in [0.717, 1.165) is 26.1 Å². The van der Waals surface area contributed by atoms with Crippen molar-refractivity contribution in [2.45, 2.75) is 38.8 Å². The third-order valence-corrected chi connectivity index (χ3v) is 2.99. The Kier molecular flexibility index (Phi) is 4.16. The van der Waals surface area contributed by atoms with E-state index < -0.39 is 0 Å². The molecule has 3 unspecified atom stereocenters. The number of hydrogen-bond acceptors (Lipinski definition) is 3. The van der Waals surface area contributed by atoms with Crippen LogP contribution in [0, 0.1) is 5.92 Å². The van der Waals surface area contributed by atoms with Gasteiger partial charge in [-0.25, -0.2) is 0 Å². The second kappa shape index (κ2) is 4.94. The van der Waals surface area contributed by atoms with E-state index >= 15 is 0 Å². The standard InChI is InChI=1S/C10H22N2O/c1-3-10(13)7-12-5-4-9(6-12)8(2)11/h8-10,13H,3-7,11H2,1-2H3. The van der Waals surface area contributed by atoms with E-state index in [1.54, 1.807) is 0 Å². The van der Waals surface area contributed by atoms with Crippen molar-refractivity contribution in [1.82, 2.24) is 4.90 Å². The van der Waals surface area contributed by atoms with Crippen molar-refractivity contribution in [2.75, 3.05) is 19.6 Å². The number of likely N-dealkylation sites (tertiary alicyclic amines) is 1. The van der Waals surface area contributed by atoms with Gasteiger partial charge >= 0.3 is 0 Å². The monoisotopic (exact) mass is 186 g/mol.